The Hall–Kier alpha value is -2.10. The Kier molecular flexibility index (Phi) is 4.56. The van der Waals surface area contributed by atoms with Gasteiger partial charge in [0.15, 0.2) is 0 Å². The van der Waals surface area contributed by atoms with E-state index in [4.69, 9.17) is 0 Å². The molecule has 1 amide bonds. The summed E-state index contributed by atoms with van der Waals surface area (Å²) in [5, 5.41) is 7.49. The van der Waals surface area contributed by atoms with E-state index in [-0.39, 0.29) is 11.9 Å². The SMILES string of the molecule is CCCCC(=O)Nc1ccnn1C1CCCc2ccccc21. The van der Waals surface area contributed by atoms with Crippen molar-refractivity contribution in [3.8, 4) is 0 Å². The van der Waals surface area contributed by atoms with E-state index >= 15 is 0 Å². The molecule has 4 nitrogen and oxygen atoms in total. The molecule has 2 aromatic rings. The first-order valence-corrected chi connectivity index (χ1v) is 8.20. The number of benzene rings is 1. The zero-order valence-electron chi connectivity index (χ0n) is 13.1. The fraction of sp³-hybridized carbons (Fsp3) is 0.444. The van der Waals surface area contributed by atoms with Gasteiger partial charge in [0.2, 0.25) is 5.91 Å². The molecule has 1 N–H and O–H groups in total. The molecule has 0 radical (unpaired) electrons. The number of hydrogen-bond donors (Lipinski definition) is 1. The summed E-state index contributed by atoms with van der Waals surface area (Å²) in [7, 11) is 0. The molecule has 22 heavy (non-hydrogen) atoms. The van der Waals surface area contributed by atoms with Gasteiger partial charge in [-0.3, -0.25) is 4.79 Å². The van der Waals surface area contributed by atoms with Gasteiger partial charge in [-0.2, -0.15) is 5.10 Å². The van der Waals surface area contributed by atoms with Crippen molar-refractivity contribution in [1.29, 1.82) is 0 Å². The summed E-state index contributed by atoms with van der Waals surface area (Å²) in [6.07, 6.45) is 7.65. The van der Waals surface area contributed by atoms with E-state index < -0.39 is 0 Å². The molecule has 0 saturated heterocycles. The molecule has 0 spiro atoms. The van der Waals surface area contributed by atoms with E-state index in [2.05, 4.69) is 41.6 Å². The molecule has 1 atom stereocenters. The summed E-state index contributed by atoms with van der Waals surface area (Å²) < 4.78 is 1.97. The fourth-order valence-electron chi connectivity index (χ4n) is 3.19. The van der Waals surface area contributed by atoms with Gasteiger partial charge in [-0.25, -0.2) is 4.68 Å². The number of unbranched alkanes of at least 4 members (excludes halogenated alkanes) is 1. The van der Waals surface area contributed by atoms with Crippen LogP contribution in [0.4, 0.5) is 5.82 Å². The third-order valence-electron chi connectivity index (χ3n) is 4.33. The number of nitrogens with zero attached hydrogens (tertiary/aromatic N) is 2. The van der Waals surface area contributed by atoms with Gasteiger partial charge in [-0.05, 0) is 36.8 Å². The van der Waals surface area contributed by atoms with Crippen LogP contribution in [0, 0.1) is 0 Å². The van der Waals surface area contributed by atoms with E-state index in [9.17, 15) is 4.79 Å². The van der Waals surface area contributed by atoms with Gasteiger partial charge in [0.25, 0.3) is 0 Å². The van der Waals surface area contributed by atoms with E-state index in [1.165, 1.54) is 11.1 Å². The Labute approximate surface area is 131 Å². The van der Waals surface area contributed by atoms with Gasteiger partial charge < -0.3 is 5.32 Å². The smallest absolute Gasteiger partial charge is 0.225 e. The van der Waals surface area contributed by atoms with Crippen LogP contribution >= 0.6 is 0 Å². The van der Waals surface area contributed by atoms with Crippen molar-refractivity contribution in [3.63, 3.8) is 0 Å². The van der Waals surface area contributed by atoms with E-state index in [1.54, 1.807) is 6.20 Å². The molecule has 1 heterocycles. The highest BCUT2D eigenvalue weighted by molar-refractivity contribution is 5.89. The van der Waals surface area contributed by atoms with Gasteiger partial charge in [0.05, 0.1) is 12.2 Å². The molecule has 116 valence electrons. The second-order valence-corrected chi connectivity index (χ2v) is 5.92. The maximum atomic E-state index is 12.0. The van der Waals surface area contributed by atoms with Gasteiger partial charge >= 0.3 is 0 Å². The average molecular weight is 297 g/mol. The minimum atomic E-state index is 0.0766. The summed E-state index contributed by atoms with van der Waals surface area (Å²) in [6, 6.07) is 10.7. The lowest BCUT2D eigenvalue weighted by molar-refractivity contribution is -0.116. The Balaban J connectivity index is 1.82. The minimum Gasteiger partial charge on any atom is -0.311 e. The second kappa shape index (κ2) is 6.77. The molecule has 1 aromatic carbocycles. The van der Waals surface area contributed by atoms with Crippen LogP contribution in [0.1, 0.15) is 56.2 Å². The Morgan fingerprint density at radius 3 is 3.09 bits per heavy atom. The first kappa shape index (κ1) is 14.8. The van der Waals surface area contributed by atoms with Gasteiger partial charge in [0, 0.05) is 12.5 Å². The van der Waals surface area contributed by atoms with Crippen molar-refractivity contribution in [2.75, 3.05) is 5.32 Å². The van der Waals surface area contributed by atoms with E-state index in [0.717, 1.165) is 37.9 Å². The van der Waals surface area contributed by atoms with Crippen LogP contribution in [0.2, 0.25) is 0 Å². The zero-order chi connectivity index (χ0) is 15.4. The van der Waals surface area contributed by atoms with Crippen LogP contribution in [0.15, 0.2) is 36.5 Å². The van der Waals surface area contributed by atoms with E-state index in [0.29, 0.717) is 6.42 Å². The maximum absolute atomic E-state index is 12.0. The van der Waals surface area contributed by atoms with Crippen molar-refractivity contribution < 1.29 is 4.79 Å². The zero-order valence-corrected chi connectivity index (χ0v) is 13.1. The van der Waals surface area contributed by atoms with Crippen LogP contribution in [0.3, 0.4) is 0 Å². The third kappa shape index (κ3) is 3.06. The average Bonchev–Trinajstić information content (AvgIpc) is 3.00. The van der Waals surface area contributed by atoms with Gasteiger partial charge in [0.1, 0.15) is 5.82 Å². The van der Waals surface area contributed by atoms with Crippen molar-refractivity contribution in [1.82, 2.24) is 9.78 Å². The molecule has 0 aliphatic heterocycles. The highest BCUT2D eigenvalue weighted by Gasteiger charge is 2.23. The molecule has 0 bridgehead atoms. The quantitative estimate of drug-likeness (QED) is 0.908. The lowest BCUT2D eigenvalue weighted by Crippen LogP contribution is -2.22. The van der Waals surface area contributed by atoms with E-state index in [1.807, 2.05) is 10.7 Å². The van der Waals surface area contributed by atoms with Crippen LogP contribution < -0.4 is 5.32 Å². The molecule has 1 aliphatic rings. The lowest BCUT2D eigenvalue weighted by atomic mass is 9.88. The number of fused-ring (bicyclic) bond motifs is 1. The summed E-state index contributed by atoms with van der Waals surface area (Å²) in [5.41, 5.74) is 2.74. The number of amides is 1. The van der Waals surface area contributed by atoms with Crippen molar-refractivity contribution in [3.05, 3.63) is 47.7 Å². The standard InChI is InChI=1S/C18H23N3O/c1-2-3-11-18(22)20-17-12-13-19-21(17)16-10-6-8-14-7-4-5-9-15(14)16/h4-5,7,9,12-13,16H,2-3,6,8,10-11H2,1H3,(H,20,22). The summed E-state index contributed by atoms with van der Waals surface area (Å²) in [6.45, 7) is 2.09. The number of aromatic nitrogens is 2. The number of carbonyl (C=O) groups excluding carboxylic acids is 1. The Morgan fingerprint density at radius 1 is 1.36 bits per heavy atom. The predicted octanol–water partition coefficient (Wildman–Crippen LogP) is 3.94. The molecule has 4 heteroatoms. The number of aryl methyl sites for hydroxylation is 1. The summed E-state index contributed by atoms with van der Waals surface area (Å²) in [4.78, 5) is 12.0. The number of anilines is 1. The Bertz CT molecular complexity index is 647. The molecular formula is C18H23N3O. The molecule has 3 rings (SSSR count). The summed E-state index contributed by atoms with van der Waals surface area (Å²) >= 11 is 0. The molecule has 1 unspecified atom stereocenters. The first-order chi connectivity index (χ1) is 10.8. The molecule has 1 aliphatic carbocycles. The lowest BCUT2D eigenvalue weighted by Gasteiger charge is -2.27. The van der Waals surface area contributed by atoms with Gasteiger partial charge in [-0.15, -0.1) is 0 Å². The highest BCUT2D eigenvalue weighted by atomic mass is 16.1. The predicted molar refractivity (Wildman–Crippen MR) is 87.9 cm³/mol. The summed E-state index contributed by atoms with van der Waals surface area (Å²) in [5.74, 6) is 0.885. The van der Waals surface area contributed by atoms with Crippen molar-refractivity contribution in [2.24, 2.45) is 0 Å². The monoisotopic (exact) mass is 297 g/mol. The molecule has 0 fully saturated rings. The second-order valence-electron chi connectivity index (χ2n) is 5.92. The number of hydrogen-bond acceptors (Lipinski definition) is 2. The van der Waals surface area contributed by atoms with Crippen LogP contribution in [-0.2, 0) is 11.2 Å². The maximum Gasteiger partial charge on any atom is 0.225 e. The van der Waals surface area contributed by atoms with Crippen molar-refractivity contribution >= 4 is 11.7 Å². The molecular weight excluding hydrogens is 274 g/mol. The van der Waals surface area contributed by atoms with Crippen LogP contribution in [0.5, 0.6) is 0 Å². The van der Waals surface area contributed by atoms with Crippen molar-refractivity contribution in [2.45, 2.75) is 51.5 Å². The van der Waals surface area contributed by atoms with Gasteiger partial charge in [-0.1, -0.05) is 37.6 Å². The topological polar surface area (TPSA) is 46.9 Å². The van der Waals surface area contributed by atoms with Crippen LogP contribution in [-0.4, -0.2) is 15.7 Å². The minimum absolute atomic E-state index is 0.0766. The number of carbonyl (C=O) groups is 1. The Morgan fingerprint density at radius 2 is 2.23 bits per heavy atom. The highest BCUT2D eigenvalue weighted by Crippen LogP contribution is 2.34. The number of rotatable bonds is 5. The third-order valence-corrected chi connectivity index (χ3v) is 4.33. The number of nitrogens with one attached hydrogen (secondary N) is 1. The fourth-order valence-corrected chi connectivity index (χ4v) is 3.19. The molecule has 0 saturated carbocycles. The molecule has 1 aromatic heterocycles. The first-order valence-electron chi connectivity index (χ1n) is 8.20. The normalized spacial score (nSPS) is 17.0. The largest absolute Gasteiger partial charge is 0.311 e. The van der Waals surface area contributed by atoms with Crippen LogP contribution in [0.25, 0.3) is 0 Å².